The lowest BCUT2D eigenvalue weighted by atomic mass is 10.1. The summed E-state index contributed by atoms with van der Waals surface area (Å²) in [5.41, 5.74) is 6.08. The van der Waals surface area contributed by atoms with Crippen LogP contribution in [-0.4, -0.2) is 24.4 Å². The summed E-state index contributed by atoms with van der Waals surface area (Å²) in [6.45, 7) is 4.80. The molecule has 0 radical (unpaired) electrons. The summed E-state index contributed by atoms with van der Waals surface area (Å²) in [6, 6.07) is 3.91. The summed E-state index contributed by atoms with van der Waals surface area (Å²) in [5.74, 6) is -0.253. The van der Waals surface area contributed by atoms with Crippen molar-refractivity contribution in [2.24, 2.45) is 5.92 Å². The Kier molecular flexibility index (Phi) is 4.49. The first-order valence-electron chi connectivity index (χ1n) is 5.75. The van der Waals surface area contributed by atoms with Gasteiger partial charge in [0.1, 0.15) is 5.82 Å². The van der Waals surface area contributed by atoms with Crippen molar-refractivity contribution in [1.29, 1.82) is 0 Å². The van der Waals surface area contributed by atoms with Crippen LogP contribution in [0.3, 0.4) is 0 Å². The molecule has 0 aliphatic rings. The van der Waals surface area contributed by atoms with E-state index in [1.54, 1.807) is 11.9 Å². The number of carbonyl (C=O) groups excluding carboxylic acids is 1. The Morgan fingerprint density at radius 1 is 1.47 bits per heavy atom. The van der Waals surface area contributed by atoms with Gasteiger partial charge in [-0.15, -0.1) is 0 Å². The van der Waals surface area contributed by atoms with E-state index in [1.165, 1.54) is 18.2 Å². The molecule has 0 fully saturated rings. The number of nitrogens with two attached hydrogens (primary N) is 1. The first-order valence-corrected chi connectivity index (χ1v) is 5.75. The quantitative estimate of drug-likeness (QED) is 0.819. The third kappa shape index (κ3) is 3.73. The Hall–Kier alpha value is -1.58. The SMILES string of the molecule is CCC(C)CN(C)C(=O)c1cc(N)cc(F)c1. The van der Waals surface area contributed by atoms with E-state index in [9.17, 15) is 9.18 Å². The minimum atomic E-state index is -0.481. The van der Waals surface area contributed by atoms with Gasteiger partial charge in [0.2, 0.25) is 0 Å². The fraction of sp³-hybridized carbons (Fsp3) is 0.462. The van der Waals surface area contributed by atoms with Crippen molar-refractivity contribution < 1.29 is 9.18 Å². The minimum absolute atomic E-state index is 0.198. The Labute approximate surface area is 101 Å². The van der Waals surface area contributed by atoms with Crippen molar-refractivity contribution >= 4 is 11.6 Å². The standard InChI is InChI=1S/C13H19FN2O/c1-4-9(2)8-16(3)13(17)10-5-11(14)7-12(15)6-10/h5-7,9H,4,8,15H2,1-3H3. The molecule has 1 aromatic rings. The molecule has 4 heteroatoms. The van der Waals surface area contributed by atoms with E-state index in [0.717, 1.165) is 6.42 Å². The molecular formula is C13H19FN2O. The van der Waals surface area contributed by atoms with Gasteiger partial charge in [0.25, 0.3) is 5.91 Å². The van der Waals surface area contributed by atoms with Gasteiger partial charge < -0.3 is 10.6 Å². The third-order valence-electron chi connectivity index (χ3n) is 2.80. The topological polar surface area (TPSA) is 46.3 Å². The molecular weight excluding hydrogens is 219 g/mol. The van der Waals surface area contributed by atoms with Crippen LogP contribution in [0.1, 0.15) is 30.6 Å². The van der Waals surface area contributed by atoms with Crippen molar-refractivity contribution in [2.75, 3.05) is 19.3 Å². The molecule has 0 aromatic heterocycles. The van der Waals surface area contributed by atoms with Gasteiger partial charge in [0.05, 0.1) is 0 Å². The Morgan fingerprint density at radius 3 is 2.65 bits per heavy atom. The highest BCUT2D eigenvalue weighted by Gasteiger charge is 2.14. The average molecular weight is 238 g/mol. The van der Waals surface area contributed by atoms with Crippen LogP contribution in [0.15, 0.2) is 18.2 Å². The number of nitrogens with zero attached hydrogens (tertiary/aromatic N) is 1. The molecule has 3 nitrogen and oxygen atoms in total. The van der Waals surface area contributed by atoms with Crippen LogP contribution in [0.4, 0.5) is 10.1 Å². The average Bonchev–Trinajstić information content (AvgIpc) is 2.26. The largest absolute Gasteiger partial charge is 0.399 e. The Morgan fingerprint density at radius 2 is 2.12 bits per heavy atom. The second-order valence-electron chi connectivity index (χ2n) is 4.47. The predicted octanol–water partition coefficient (Wildman–Crippen LogP) is 2.53. The van der Waals surface area contributed by atoms with Crippen LogP contribution < -0.4 is 5.73 Å². The maximum atomic E-state index is 13.1. The summed E-state index contributed by atoms with van der Waals surface area (Å²) < 4.78 is 13.1. The van der Waals surface area contributed by atoms with Gasteiger partial charge in [0.15, 0.2) is 0 Å². The number of anilines is 1. The van der Waals surface area contributed by atoms with E-state index in [0.29, 0.717) is 18.0 Å². The highest BCUT2D eigenvalue weighted by Crippen LogP contribution is 2.13. The van der Waals surface area contributed by atoms with E-state index in [-0.39, 0.29) is 11.6 Å². The van der Waals surface area contributed by atoms with Crippen LogP contribution >= 0.6 is 0 Å². The zero-order valence-electron chi connectivity index (χ0n) is 10.5. The van der Waals surface area contributed by atoms with Gasteiger partial charge in [-0.3, -0.25) is 4.79 Å². The number of amides is 1. The summed E-state index contributed by atoms with van der Waals surface area (Å²) in [5, 5.41) is 0. The lowest BCUT2D eigenvalue weighted by molar-refractivity contribution is 0.0774. The summed E-state index contributed by atoms with van der Waals surface area (Å²) in [4.78, 5) is 13.6. The molecule has 1 rings (SSSR count). The molecule has 0 aliphatic carbocycles. The fourth-order valence-corrected chi connectivity index (χ4v) is 1.64. The molecule has 1 aromatic carbocycles. The normalized spacial score (nSPS) is 12.2. The molecule has 0 saturated heterocycles. The maximum Gasteiger partial charge on any atom is 0.253 e. The Bertz CT molecular complexity index is 386. The number of halogens is 1. The smallest absolute Gasteiger partial charge is 0.253 e. The van der Waals surface area contributed by atoms with Crippen molar-refractivity contribution in [3.8, 4) is 0 Å². The predicted molar refractivity (Wildman–Crippen MR) is 67.2 cm³/mol. The molecule has 1 unspecified atom stereocenters. The zero-order chi connectivity index (χ0) is 13.0. The van der Waals surface area contributed by atoms with Gasteiger partial charge >= 0.3 is 0 Å². The van der Waals surface area contributed by atoms with Crippen molar-refractivity contribution in [3.05, 3.63) is 29.6 Å². The fourth-order valence-electron chi connectivity index (χ4n) is 1.64. The third-order valence-corrected chi connectivity index (χ3v) is 2.80. The van der Waals surface area contributed by atoms with E-state index in [2.05, 4.69) is 13.8 Å². The zero-order valence-corrected chi connectivity index (χ0v) is 10.5. The van der Waals surface area contributed by atoms with Crippen LogP contribution in [0.25, 0.3) is 0 Å². The van der Waals surface area contributed by atoms with Crippen molar-refractivity contribution in [3.63, 3.8) is 0 Å². The van der Waals surface area contributed by atoms with Gasteiger partial charge in [-0.1, -0.05) is 20.3 Å². The highest BCUT2D eigenvalue weighted by molar-refractivity contribution is 5.94. The van der Waals surface area contributed by atoms with Gasteiger partial charge in [-0.25, -0.2) is 4.39 Å². The number of hydrogen-bond acceptors (Lipinski definition) is 2. The minimum Gasteiger partial charge on any atom is -0.399 e. The van der Waals surface area contributed by atoms with E-state index in [1.807, 2.05) is 0 Å². The number of nitrogen functional groups attached to an aromatic ring is 1. The summed E-state index contributed by atoms with van der Waals surface area (Å²) in [6.07, 6.45) is 1.00. The molecule has 0 aliphatic heterocycles. The summed E-state index contributed by atoms with van der Waals surface area (Å²) in [7, 11) is 1.72. The molecule has 94 valence electrons. The second kappa shape index (κ2) is 5.66. The molecule has 0 spiro atoms. The molecule has 1 amide bonds. The number of carbonyl (C=O) groups is 1. The molecule has 0 saturated carbocycles. The monoisotopic (exact) mass is 238 g/mol. The first kappa shape index (κ1) is 13.5. The van der Waals surface area contributed by atoms with Crippen molar-refractivity contribution in [2.45, 2.75) is 20.3 Å². The summed E-state index contributed by atoms with van der Waals surface area (Å²) >= 11 is 0. The van der Waals surface area contributed by atoms with Gasteiger partial charge in [-0.05, 0) is 24.1 Å². The van der Waals surface area contributed by atoms with Crippen LogP contribution in [0, 0.1) is 11.7 Å². The van der Waals surface area contributed by atoms with E-state index >= 15 is 0 Å². The molecule has 0 heterocycles. The Balaban J connectivity index is 2.81. The number of hydrogen-bond donors (Lipinski definition) is 1. The lowest BCUT2D eigenvalue weighted by Crippen LogP contribution is -2.31. The van der Waals surface area contributed by atoms with Gasteiger partial charge in [0, 0.05) is 24.8 Å². The van der Waals surface area contributed by atoms with Crippen LogP contribution in [0.2, 0.25) is 0 Å². The lowest BCUT2D eigenvalue weighted by Gasteiger charge is -2.21. The number of rotatable bonds is 4. The van der Waals surface area contributed by atoms with Gasteiger partial charge in [-0.2, -0.15) is 0 Å². The molecule has 2 N–H and O–H groups in total. The molecule has 1 atom stereocenters. The number of benzene rings is 1. The highest BCUT2D eigenvalue weighted by atomic mass is 19.1. The van der Waals surface area contributed by atoms with E-state index in [4.69, 9.17) is 5.73 Å². The van der Waals surface area contributed by atoms with Crippen molar-refractivity contribution in [1.82, 2.24) is 4.90 Å². The van der Waals surface area contributed by atoms with Crippen LogP contribution in [-0.2, 0) is 0 Å². The first-order chi connectivity index (χ1) is 7.93. The van der Waals surface area contributed by atoms with Crippen LogP contribution in [0.5, 0.6) is 0 Å². The maximum absolute atomic E-state index is 13.1. The molecule has 17 heavy (non-hydrogen) atoms. The van der Waals surface area contributed by atoms with E-state index < -0.39 is 5.82 Å². The molecule has 0 bridgehead atoms. The second-order valence-corrected chi connectivity index (χ2v) is 4.47.